The third-order valence-corrected chi connectivity index (χ3v) is 5.89. The minimum Gasteiger partial charge on any atom is -0.343 e. The van der Waals surface area contributed by atoms with Crippen molar-refractivity contribution in [2.24, 2.45) is 7.05 Å². The molecule has 1 aliphatic heterocycles. The molecule has 7 nitrogen and oxygen atoms in total. The van der Waals surface area contributed by atoms with Gasteiger partial charge >= 0.3 is 0 Å². The highest BCUT2D eigenvalue weighted by Crippen LogP contribution is 2.21. The number of benzene rings is 1. The maximum absolute atomic E-state index is 12.5. The van der Waals surface area contributed by atoms with Gasteiger partial charge in [-0.2, -0.15) is 5.10 Å². The lowest BCUT2D eigenvalue weighted by molar-refractivity contribution is -0.131. The largest absolute Gasteiger partial charge is 0.343 e. The zero-order chi connectivity index (χ0) is 21.1. The van der Waals surface area contributed by atoms with Gasteiger partial charge in [0.05, 0.1) is 22.8 Å². The van der Waals surface area contributed by atoms with E-state index in [0.29, 0.717) is 23.7 Å². The number of nitrogens with zero attached hydrogens (tertiary/aromatic N) is 4. The molecule has 0 aliphatic carbocycles. The van der Waals surface area contributed by atoms with Crippen LogP contribution in [0, 0.1) is 13.8 Å². The zero-order valence-electron chi connectivity index (χ0n) is 16.8. The Bertz CT molecular complexity index is 920. The van der Waals surface area contributed by atoms with Crippen LogP contribution in [0.2, 0.25) is 10.0 Å². The number of carbonyl (C=O) groups excluding carboxylic acids is 2. The standard InChI is InChI=1S/C20H25Cl2N5O2/c1-13-17(14(2)25(3)24-13)12-26-6-8-27(9-7-26)19(28)11-23-20(29)16-5-4-15(21)10-18(16)22/h4-5,10H,6-9,11-12H2,1-3H3,(H,23,29). The van der Waals surface area contributed by atoms with Crippen molar-refractivity contribution < 1.29 is 9.59 Å². The van der Waals surface area contributed by atoms with Crippen molar-refractivity contribution in [3.05, 3.63) is 50.8 Å². The fraction of sp³-hybridized carbons (Fsp3) is 0.450. The van der Waals surface area contributed by atoms with Crippen LogP contribution in [0.15, 0.2) is 18.2 Å². The number of piperazine rings is 1. The van der Waals surface area contributed by atoms with Crippen LogP contribution >= 0.6 is 23.2 Å². The third kappa shape index (κ3) is 5.10. The van der Waals surface area contributed by atoms with E-state index in [1.807, 2.05) is 18.7 Å². The Morgan fingerprint density at radius 2 is 1.83 bits per heavy atom. The van der Waals surface area contributed by atoms with Gasteiger partial charge in [-0.25, -0.2) is 0 Å². The lowest BCUT2D eigenvalue weighted by atomic mass is 10.1. The van der Waals surface area contributed by atoms with E-state index in [9.17, 15) is 9.59 Å². The topological polar surface area (TPSA) is 70.5 Å². The lowest BCUT2D eigenvalue weighted by Crippen LogP contribution is -2.50. The number of nitrogens with one attached hydrogen (secondary N) is 1. The summed E-state index contributed by atoms with van der Waals surface area (Å²) in [5.41, 5.74) is 3.77. The summed E-state index contributed by atoms with van der Waals surface area (Å²) in [6.45, 7) is 7.72. The number of hydrogen-bond acceptors (Lipinski definition) is 4. The van der Waals surface area contributed by atoms with Gasteiger partial charge in [-0.15, -0.1) is 0 Å². The SMILES string of the molecule is Cc1nn(C)c(C)c1CN1CCN(C(=O)CNC(=O)c2ccc(Cl)cc2Cl)CC1. The molecule has 156 valence electrons. The predicted molar refractivity (Wildman–Crippen MR) is 113 cm³/mol. The normalized spacial score (nSPS) is 14.9. The van der Waals surface area contributed by atoms with Crippen LogP contribution in [0.1, 0.15) is 27.3 Å². The Morgan fingerprint density at radius 1 is 1.14 bits per heavy atom. The van der Waals surface area contributed by atoms with Gasteiger partial charge in [0, 0.05) is 56.1 Å². The molecule has 9 heteroatoms. The van der Waals surface area contributed by atoms with Crippen molar-refractivity contribution in [2.75, 3.05) is 32.7 Å². The van der Waals surface area contributed by atoms with Crippen LogP contribution in [0.5, 0.6) is 0 Å². The number of aryl methyl sites for hydroxylation is 2. The smallest absolute Gasteiger partial charge is 0.253 e. The van der Waals surface area contributed by atoms with E-state index in [0.717, 1.165) is 25.3 Å². The van der Waals surface area contributed by atoms with E-state index >= 15 is 0 Å². The molecule has 1 aromatic carbocycles. The lowest BCUT2D eigenvalue weighted by Gasteiger charge is -2.34. The molecule has 2 heterocycles. The Balaban J connectivity index is 1.48. The van der Waals surface area contributed by atoms with E-state index in [1.54, 1.807) is 17.0 Å². The predicted octanol–water partition coefficient (Wildman–Crippen LogP) is 2.42. The minimum absolute atomic E-state index is 0.0569. The Kier molecular flexibility index (Phi) is 6.82. The molecule has 1 N–H and O–H groups in total. The van der Waals surface area contributed by atoms with Crippen molar-refractivity contribution >= 4 is 35.0 Å². The Labute approximate surface area is 180 Å². The van der Waals surface area contributed by atoms with Gasteiger partial charge in [0.15, 0.2) is 0 Å². The van der Waals surface area contributed by atoms with Crippen molar-refractivity contribution in [2.45, 2.75) is 20.4 Å². The number of rotatable bonds is 5. The van der Waals surface area contributed by atoms with Gasteiger partial charge in [0.2, 0.25) is 5.91 Å². The quantitative estimate of drug-likeness (QED) is 0.779. The third-order valence-electron chi connectivity index (χ3n) is 5.34. The molecular formula is C20H25Cl2N5O2. The van der Waals surface area contributed by atoms with Crippen LogP contribution in [0.3, 0.4) is 0 Å². The van der Waals surface area contributed by atoms with E-state index in [-0.39, 0.29) is 23.4 Å². The van der Waals surface area contributed by atoms with Gasteiger partial charge in [-0.3, -0.25) is 19.2 Å². The van der Waals surface area contributed by atoms with Gasteiger partial charge in [0.25, 0.3) is 5.91 Å². The maximum atomic E-state index is 12.5. The molecule has 1 aromatic heterocycles. The summed E-state index contributed by atoms with van der Waals surface area (Å²) in [4.78, 5) is 28.8. The summed E-state index contributed by atoms with van der Waals surface area (Å²) < 4.78 is 1.90. The zero-order valence-corrected chi connectivity index (χ0v) is 18.3. The number of aromatic nitrogens is 2. The molecule has 0 saturated carbocycles. The molecule has 0 atom stereocenters. The number of hydrogen-bond donors (Lipinski definition) is 1. The van der Waals surface area contributed by atoms with Gasteiger partial charge in [-0.1, -0.05) is 23.2 Å². The fourth-order valence-electron chi connectivity index (χ4n) is 3.46. The monoisotopic (exact) mass is 437 g/mol. The van der Waals surface area contributed by atoms with Gasteiger partial charge in [-0.05, 0) is 32.0 Å². The molecule has 2 aromatic rings. The van der Waals surface area contributed by atoms with Crippen LogP contribution in [-0.4, -0.2) is 64.1 Å². The Hall–Kier alpha value is -2.09. The second-order valence-corrected chi connectivity index (χ2v) is 8.08. The summed E-state index contributed by atoms with van der Waals surface area (Å²) in [6, 6.07) is 4.64. The molecule has 2 amide bonds. The number of carbonyl (C=O) groups is 2. The average Bonchev–Trinajstić information content (AvgIpc) is 2.92. The molecule has 0 bridgehead atoms. The highest BCUT2D eigenvalue weighted by Gasteiger charge is 2.23. The van der Waals surface area contributed by atoms with Crippen LogP contribution in [0.25, 0.3) is 0 Å². The molecule has 0 spiro atoms. The van der Waals surface area contributed by atoms with Crippen molar-refractivity contribution in [3.63, 3.8) is 0 Å². The van der Waals surface area contributed by atoms with Gasteiger partial charge in [0.1, 0.15) is 0 Å². The summed E-state index contributed by atoms with van der Waals surface area (Å²) in [6.07, 6.45) is 0. The first-order valence-corrected chi connectivity index (χ1v) is 10.2. The second-order valence-electron chi connectivity index (χ2n) is 7.24. The summed E-state index contributed by atoms with van der Waals surface area (Å²) in [5, 5.41) is 7.82. The molecule has 0 unspecified atom stereocenters. The van der Waals surface area contributed by atoms with Crippen molar-refractivity contribution in [1.29, 1.82) is 0 Å². The molecule has 3 rings (SSSR count). The molecule has 0 radical (unpaired) electrons. The molecular weight excluding hydrogens is 413 g/mol. The van der Waals surface area contributed by atoms with E-state index in [1.165, 1.54) is 17.3 Å². The second kappa shape index (κ2) is 9.15. The first-order chi connectivity index (χ1) is 13.8. The fourth-order valence-corrected chi connectivity index (χ4v) is 3.96. The van der Waals surface area contributed by atoms with E-state index in [2.05, 4.69) is 22.2 Å². The van der Waals surface area contributed by atoms with Gasteiger partial charge < -0.3 is 10.2 Å². The molecule has 1 aliphatic rings. The summed E-state index contributed by atoms with van der Waals surface area (Å²) >= 11 is 11.9. The first kappa shape index (κ1) is 21.6. The molecule has 29 heavy (non-hydrogen) atoms. The van der Waals surface area contributed by atoms with Crippen molar-refractivity contribution in [3.8, 4) is 0 Å². The maximum Gasteiger partial charge on any atom is 0.253 e. The molecule has 1 saturated heterocycles. The van der Waals surface area contributed by atoms with Crippen molar-refractivity contribution in [1.82, 2.24) is 24.9 Å². The number of halogens is 2. The molecule has 1 fully saturated rings. The number of amides is 2. The van der Waals surface area contributed by atoms with Crippen LogP contribution in [0.4, 0.5) is 0 Å². The summed E-state index contributed by atoms with van der Waals surface area (Å²) in [7, 11) is 1.95. The average molecular weight is 438 g/mol. The van der Waals surface area contributed by atoms with E-state index < -0.39 is 0 Å². The van der Waals surface area contributed by atoms with Crippen LogP contribution in [-0.2, 0) is 18.4 Å². The highest BCUT2D eigenvalue weighted by atomic mass is 35.5. The summed E-state index contributed by atoms with van der Waals surface area (Å²) in [5.74, 6) is -0.488. The first-order valence-electron chi connectivity index (χ1n) is 9.48. The highest BCUT2D eigenvalue weighted by molar-refractivity contribution is 6.36. The Morgan fingerprint density at radius 3 is 2.41 bits per heavy atom. The van der Waals surface area contributed by atoms with Crippen LogP contribution < -0.4 is 5.32 Å². The minimum atomic E-state index is -0.388. The van der Waals surface area contributed by atoms with E-state index in [4.69, 9.17) is 23.2 Å².